The summed E-state index contributed by atoms with van der Waals surface area (Å²) in [4.78, 5) is 45.7. The Hall–Kier alpha value is -4.27. The molecule has 0 saturated carbocycles. The van der Waals surface area contributed by atoms with Gasteiger partial charge in [-0.3, -0.25) is 14.4 Å². The van der Waals surface area contributed by atoms with E-state index in [-0.39, 0.29) is 29.5 Å². The van der Waals surface area contributed by atoms with Crippen molar-refractivity contribution in [1.82, 2.24) is 25.1 Å². The van der Waals surface area contributed by atoms with E-state index in [9.17, 15) is 14.4 Å². The number of aromatic amines is 1. The lowest BCUT2D eigenvalue weighted by Gasteiger charge is -2.20. The molecular formula is C28H30N6O3. The molecule has 190 valence electrons. The number of H-pyrrole nitrogens is 1. The summed E-state index contributed by atoms with van der Waals surface area (Å²) >= 11 is 0. The molecule has 0 saturated heterocycles. The molecule has 4 aromatic rings. The lowest BCUT2D eigenvalue weighted by molar-refractivity contribution is -0.115. The number of hydrogen-bond acceptors (Lipinski definition) is 5. The highest BCUT2D eigenvalue weighted by Crippen LogP contribution is 2.33. The third-order valence-corrected chi connectivity index (χ3v) is 6.64. The minimum atomic E-state index is -0.369. The molecule has 1 aromatic carbocycles. The number of anilines is 1. The van der Waals surface area contributed by atoms with E-state index in [2.05, 4.69) is 15.6 Å². The third kappa shape index (κ3) is 4.41. The Bertz CT molecular complexity index is 1660. The van der Waals surface area contributed by atoms with Crippen molar-refractivity contribution < 1.29 is 9.59 Å². The summed E-state index contributed by atoms with van der Waals surface area (Å²) in [5.74, 6) is -0.360. The van der Waals surface area contributed by atoms with Crippen molar-refractivity contribution in [2.24, 2.45) is 0 Å². The number of carbonyl (C=O) groups excluding carboxylic acids is 2. The second kappa shape index (κ2) is 8.69. The summed E-state index contributed by atoms with van der Waals surface area (Å²) in [6.07, 6.45) is 0.308. The Morgan fingerprint density at radius 3 is 2.57 bits per heavy atom. The fourth-order valence-corrected chi connectivity index (χ4v) is 4.84. The number of amides is 2. The van der Waals surface area contributed by atoms with Crippen LogP contribution in [0.5, 0.6) is 0 Å². The second-order valence-corrected chi connectivity index (χ2v) is 10.6. The Morgan fingerprint density at radius 2 is 1.86 bits per heavy atom. The molecule has 0 bridgehead atoms. The van der Waals surface area contributed by atoms with Crippen molar-refractivity contribution in [2.75, 3.05) is 5.32 Å². The molecule has 3 N–H and O–H groups in total. The Kier molecular flexibility index (Phi) is 5.73. The standard InChI is InChI=1S/C28H30N6O3/c1-14-9-15(2)30-27(37)20(14)13-29-26(36)19-12-22(17-7-8-21-18(10-17)11-23(35)31-21)32-25-24(19)16(3)33-34(25)28(4,5)6/h7-10,12H,11,13H2,1-6H3,(H,29,36)(H,30,37)(H,31,35). The van der Waals surface area contributed by atoms with Gasteiger partial charge in [0.2, 0.25) is 5.91 Å². The molecule has 0 atom stereocenters. The quantitative estimate of drug-likeness (QED) is 0.394. The number of fused-ring (bicyclic) bond motifs is 2. The van der Waals surface area contributed by atoms with Crippen molar-refractivity contribution in [3.8, 4) is 11.3 Å². The molecule has 37 heavy (non-hydrogen) atoms. The van der Waals surface area contributed by atoms with Gasteiger partial charge in [0.15, 0.2) is 5.65 Å². The fourth-order valence-electron chi connectivity index (χ4n) is 4.84. The first-order valence-electron chi connectivity index (χ1n) is 12.2. The summed E-state index contributed by atoms with van der Waals surface area (Å²) in [7, 11) is 0. The van der Waals surface area contributed by atoms with Crippen LogP contribution < -0.4 is 16.2 Å². The van der Waals surface area contributed by atoms with Gasteiger partial charge in [-0.1, -0.05) is 6.07 Å². The molecule has 0 aliphatic carbocycles. The first-order chi connectivity index (χ1) is 17.4. The zero-order valence-corrected chi connectivity index (χ0v) is 21.9. The van der Waals surface area contributed by atoms with Crippen LogP contribution in [0.2, 0.25) is 0 Å². The number of nitrogens with zero attached hydrogens (tertiary/aromatic N) is 3. The minimum Gasteiger partial charge on any atom is -0.348 e. The van der Waals surface area contributed by atoms with E-state index in [1.165, 1.54) is 0 Å². The van der Waals surface area contributed by atoms with Crippen LogP contribution in [-0.2, 0) is 23.3 Å². The number of nitrogens with one attached hydrogen (secondary N) is 3. The van der Waals surface area contributed by atoms with Crippen LogP contribution in [0.25, 0.3) is 22.3 Å². The normalized spacial score (nSPS) is 13.1. The van der Waals surface area contributed by atoms with Gasteiger partial charge in [-0.2, -0.15) is 5.10 Å². The SMILES string of the molecule is Cc1cc(C)c(CNC(=O)c2cc(-c3ccc4c(c3)CC(=O)N4)nc3c2c(C)nn3C(C)(C)C)c(=O)[nH]1. The molecule has 5 rings (SSSR count). The van der Waals surface area contributed by atoms with Crippen LogP contribution in [0, 0.1) is 20.8 Å². The van der Waals surface area contributed by atoms with Crippen molar-refractivity contribution in [1.29, 1.82) is 0 Å². The molecule has 0 radical (unpaired) electrons. The van der Waals surface area contributed by atoms with Crippen LogP contribution in [0.4, 0.5) is 5.69 Å². The van der Waals surface area contributed by atoms with Gasteiger partial charge < -0.3 is 15.6 Å². The first-order valence-corrected chi connectivity index (χ1v) is 12.2. The van der Waals surface area contributed by atoms with Gasteiger partial charge in [-0.25, -0.2) is 9.67 Å². The maximum atomic E-state index is 13.6. The zero-order valence-electron chi connectivity index (χ0n) is 21.9. The third-order valence-electron chi connectivity index (χ3n) is 6.64. The monoisotopic (exact) mass is 498 g/mol. The Morgan fingerprint density at radius 1 is 1.11 bits per heavy atom. The molecular weight excluding hydrogens is 468 g/mol. The number of aromatic nitrogens is 4. The van der Waals surface area contributed by atoms with Gasteiger partial charge in [0.05, 0.1) is 34.3 Å². The average molecular weight is 499 g/mol. The van der Waals surface area contributed by atoms with E-state index in [0.717, 1.165) is 28.1 Å². The molecule has 3 aromatic heterocycles. The van der Waals surface area contributed by atoms with Crippen molar-refractivity contribution in [3.05, 3.63) is 74.3 Å². The van der Waals surface area contributed by atoms with E-state index >= 15 is 0 Å². The van der Waals surface area contributed by atoms with Crippen LogP contribution >= 0.6 is 0 Å². The van der Waals surface area contributed by atoms with Crippen molar-refractivity contribution >= 4 is 28.5 Å². The van der Waals surface area contributed by atoms with Gasteiger partial charge >= 0.3 is 0 Å². The topological polar surface area (TPSA) is 122 Å². The zero-order chi connectivity index (χ0) is 26.6. The smallest absolute Gasteiger partial charge is 0.253 e. The number of pyridine rings is 2. The maximum Gasteiger partial charge on any atom is 0.253 e. The first kappa shape index (κ1) is 24.4. The second-order valence-electron chi connectivity index (χ2n) is 10.6. The average Bonchev–Trinajstić information content (AvgIpc) is 3.35. The van der Waals surface area contributed by atoms with Crippen molar-refractivity contribution in [3.63, 3.8) is 0 Å². The van der Waals surface area contributed by atoms with Gasteiger partial charge in [0.1, 0.15) is 0 Å². The van der Waals surface area contributed by atoms with E-state index in [1.54, 1.807) is 6.07 Å². The van der Waals surface area contributed by atoms with E-state index in [1.807, 2.05) is 70.5 Å². The van der Waals surface area contributed by atoms with Crippen LogP contribution in [0.1, 0.15) is 59.2 Å². The molecule has 9 heteroatoms. The molecule has 0 spiro atoms. The highest BCUT2D eigenvalue weighted by Gasteiger charge is 2.26. The largest absolute Gasteiger partial charge is 0.348 e. The number of hydrogen-bond donors (Lipinski definition) is 3. The van der Waals surface area contributed by atoms with Crippen LogP contribution in [0.15, 0.2) is 35.1 Å². The number of carbonyl (C=O) groups is 2. The predicted octanol–water partition coefficient (Wildman–Crippen LogP) is 3.89. The van der Waals surface area contributed by atoms with Crippen LogP contribution in [0.3, 0.4) is 0 Å². The lowest BCUT2D eigenvalue weighted by Crippen LogP contribution is -2.28. The van der Waals surface area contributed by atoms with Gasteiger partial charge in [-0.05, 0) is 76.9 Å². The van der Waals surface area contributed by atoms with E-state index < -0.39 is 0 Å². The molecule has 0 unspecified atom stereocenters. The molecule has 4 heterocycles. The van der Waals surface area contributed by atoms with Gasteiger partial charge in [0.25, 0.3) is 11.5 Å². The summed E-state index contributed by atoms with van der Waals surface area (Å²) in [6.45, 7) is 11.7. The van der Waals surface area contributed by atoms with E-state index in [4.69, 9.17) is 10.1 Å². The number of aryl methyl sites for hydroxylation is 3. The fraction of sp³-hybridized carbons (Fsp3) is 0.321. The number of rotatable bonds is 4. The van der Waals surface area contributed by atoms with Crippen molar-refractivity contribution in [2.45, 2.75) is 60.0 Å². The molecule has 2 amide bonds. The molecule has 0 fully saturated rings. The van der Waals surface area contributed by atoms with Gasteiger partial charge in [-0.15, -0.1) is 0 Å². The maximum absolute atomic E-state index is 13.6. The molecule has 1 aliphatic rings. The summed E-state index contributed by atoms with van der Waals surface area (Å²) in [5, 5.41) is 11.2. The Labute approximate surface area is 214 Å². The van der Waals surface area contributed by atoms with Gasteiger partial charge in [0, 0.05) is 29.1 Å². The Balaban J connectivity index is 1.62. The number of benzene rings is 1. The summed E-state index contributed by atoms with van der Waals surface area (Å²) in [5.41, 5.74) is 6.36. The minimum absolute atomic E-state index is 0.0431. The predicted molar refractivity (Wildman–Crippen MR) is 143 cm³/mol. The highest BCUT2D eigenvalue weighted by molar-refractivity contribution is 6.07. The molecule has 1 aliphatic heterocycles. The lowest BCUT2D eigenvalue weighted by atomic mass is 10.0. The molecule has 9 nitrogen and oxygen atoms in total. The summed E-state index contributed by atoms with van der Waals surface area (Å²) in [6, 6.07) is 9.33. The van der Waals surface area contributed by atoms with E-state index in [0.29, 0.717) is 40.0 Å². The summed E-state index contributed by atoms with van der Waals surface area (Å²) < 4.78 is 1.84. The van der Waals surface area contributed by atoms with Crippen LogP contribution in [-0.4, -0.2) is 31.6 Å². The highest BCUT2D eigenvalue weighted by atomic mass is 16.2.